The molecule has 0 aliphatic carbocycles. The van der Waals surface area contributed by atoms with Crippen LogP contribution in [0.4, 0.5) is 16.2 Å². The summed E-state index contributed by atoms with van der Waals surface area (Å²) in [5.74, 6) is -1.27. The molecule has 3 aliphatic heterocycles. The largest absolute Gasteiger partial charge is 0.447 e. The van der Waals surface area contributed by atoms with Crippen LogP contribution in [0.3, 0.4) is 0 Å². The van der Waals surface area contributed by atoms with Gasteiger partial charge in [0.25, 0.3) is 5.91 Å². The summed E-state index contributed by atoms with van der Waals surface area (Å²) < 4.78 is 5.13. The number of hydrogen-bond acceptors (Lipinski definition) is 6. The van der Waals surface area contributed by atoms with Gasteiger partial charge in [0.2, 0.25) is 5.91 Å². The maximum absolute atomic E-state index is 14.1. The number of cyclic esters (lactones) is 1. The Bertz CT molecular complexity index is 1570. The van der Waals surface area contributed by atoms with Gasteiger partial charge < -0.3 is 24.7 Å². The fourth-order valence-electron chi connectivity index (χ4n) is 6.52. The van der Waals surface area contributed by atoms with Crippen molar-refractivity contribution in [1.29, 1.82) is 0 Å². The van der Waals surface area contributed by atoms with Gasteiger partial charge in [-0.3, -0.25) is 14.5 Å². The molecule has 3 atom stereocenters. The summed E-state index contributed by atoms with van der Waals surface area (Å²) in [6.07, 6.45) is 9.59. The monoisotopic (exact) mass is 627 g/mol. The van der Waals surface area contributed by atoms with Gasteiger partial charge in [-0.05, 0) is 69.4 Å². The number of ether oxygens (including phenoxy) is 1. The third kappa shape index (κ3) is 6.66. The molecule has 3 aliphatic rings. The molecule has 0 saturated carbocycles. The molecule has 2 aromatic carbocycles. The van der Waals surface area contributed by atoms with Crippen LogP contribution in [0.15, 0.2) is 77.9 Å². The molecule has 0 unspecified atom stereocenters. The minimum absolute atomic E-state index is 0.0666. The fourth-order valence-corrected chi connectivity index (χ4v) is 6.52. The second-order valence-electron chi connectivity index (χ2n) is 12.8. The first-order chi connectivity index (χ1) is 22.0. The fraction of sp³-hybridized carbons (Fsp3) is 0.432. The zero-order valence-electron chi connectivity index (χ0n) is 27.2. The van der Waals surface area contributed by atoms with E-state index in [-0.39, 0.29) is 31.6 Å². The SMILES string of the molecule is CC(C)=CCC/C(C)=C/CN1C(=O)[C@](O)([C@H](C)/C=C/CC(=O)N2Cc3ccccc3C[C@H]2CO)c2cc(N3CCOC3=O)ccc21. The molecular weight excluding hydrogens is 582 g/mol. The average Bonchev–Trinajstić information content (AvgIpc) is 3.57. The van der Waals surface area contributed by atoms with Crippen molar-refractivity contribution in [2.75, 3.05) is 36.1 Å². The molecule has 0 bridgehead atoms. The maximum atomic E-state index is 14.1. The predicted molar refractivity (Wildman–Crippen MR) is 178 cm³/mol. The second-order valence-corrected chi connectivity index (χ2v) is 12.8. The minimum atomic E-state index is -1.91. The zero-order chi connectivity index (χ0) is 33.0. The molecule has 0 radical (unpaired) electrons. The predicted octanol–water partition coefficient (Wildman–Crippen LogP) is 5.40. The van der Waals surface area contributed by atoms with Crippen molar-refractivity contribution in [2.24, 2.45) is 5.92 Å². The van der Waals surface area contributed by atoms with Gasteiger partial charge in [-0.1, -0.05) is 66.6 Å². The van der Waals surface area contributed by atoms with Crippen molar-refractivity contribution >= 4 is 29.3 Å². The molecule has 9 nitrogen and oxygen atoms in total. The second kappa shape index (κ2) is 14.1. The van der Waals surface area contributed by atoms with E-state index < -0.39 is 23.5 Å². The topological polar surface area (TPSA) is 111 Å². The van der Waals surface area contributed by atoms with Crippen molar-refractivity contribution in [3.05, 3.63) is 94.6 Å². The molecule has 9 heteroatoms. The molecule has 2 aromatic rings. The highest BCUT2D eigenvalue weighted by Gasteiger charge is 2.52. The molecule has 0 aromatic heterocycles. The number of anilines is 2. The van der Waals surface area contributed by atoms with Gasteiger partial charge in [-0.25, -0.2) is 4.79 Å². The van der Waals surface area contributed by atoms with E-state index in [4.69, 9.17) is 4.74 Å². The number of carbonyl (C=O) groups is 3. The molecule has 46 heavy (non-hydrogen) atoms. The van der Waals surface area contributed by atoms with Crippen LogP contribution in [0.25, 0.3) is 0 Å². The van der Waals surface area contributed by atoms with Gasteiger partial charge >= 0.3 is 6.09 Å². The Hall–Kier alpha value is -4.21. The first kappa shape index (κ1) is 33.2. The lowest BCUT2D eigenvalue weighted by molar-refractivity contribution is -0.139. The lowest BCUT2D eigenvalue weighted by Gasteiger charge is -2.36. The van der Waals surface area contributed by atoms with Crippen LogP contribution in [-0.2, 0) is 32.9 Å². The molecule has 2 N–H and O–H groups in total. The van der Waals surface area contributed by atoms with Crippen molar-refractivity contribution in [1.82, 2.24) is 4.90 Å². The molecule has 0 spiro atoms. The van der Waals surface area contributed by atoms with Crippen LogP contribution in [-0.4, -0.2) is 65.4 Å². The van der Waals surface area contributed by atoms with E-state index in [1.54, 1.807) is 47.1 Å². The highest BCUT2D eigenvalue weighted by atomic mass is 16.6. The Morgan fingerprint density at radius 2 is 1.87 bits per heavy atom. The Kier molecular flexibility index (Phi) is 10.1. The van der Waals surface area contributed by atoms with Crippen molar-refractivity contribution < 1.29 is 29.3 Å². The van der Waals surface area contributed by atoms with E-state index in [9.17, 15) is 24.6 Å². The molecule has 1 saturated heterocycles. The number of fused-ring (bicyclic) bond motifs is 2. The average molecular weight is 628 g/mol. The number of nitrogens with zero attached hydrogens (tertiary/aromatic N) is 3. The van der Waals surface area contributed by atoms with Gasteiger partial charge in [0.15, 0.2) is 5.60 Å². The summed E-state index contributed by atoms with van der Waals surface area (Å²) >= 11 is 0. The van der Waals surface area contributed by atoms with E-state index in [0.717, 1.165) is 29.5 Å². The van der Waals surface area contributed by atoms with E-state index in [1.807, 2.05) is 37.3 Å². The third-order valence-electron chi connectivity index (χ3n) is 9.30. The van der Waals surface area contributed by atoms with Crippen LogP contribution in [0, 0.1) is 5.92 Å². The van der Waals surface area contributed by atoms with E-state index in [1.165, 1.54) is 10.5 Å². The maximum Gasteiger partial charge on any atom is 0.414 e. The highest BCUT2D eigenvalue weighted by Crippen LogP contribution is 2.47. The summed E-state index contributed by atoms with van der Waals surface area (Å²) in [6, 6.07) is 12.9. The van der Waals surface area contributed by atoms with E-state index >= 15 is 0 Å². The van der Waals surface area contributed by atoms with Gasteiger partial charge in [0.1, 0.15) is 6.61 Å². The summed E-state index contributed by atoms with van der Waals surface area (Å²) in [4.78, 5) is 44.5. The van der Waals surface area contributed by atoms with Crippen LogP contribution >= 0.6 is 0 Å². The van der Waals surface area contributed by atoms with Crippen LogP contribution in [0.2, 0.25) is 0 Å². The minimum Gasteiger partial charge on any atom is -0.447 e. The zero-order valence-corrected chi connectivity index (χ0v) is 27.2. The van der Waals surface area contributed by atoms with Crippen LogP contribution in [0.1, 0.15) is 63.6 Å². The van der Waals surface area contributed by atoms with Gasteiger partial charge in [-0.2, -0.15) is 0 Å². The molecule has 5 rings (SSSR count). The van der Waals surface area contributed by atoms with Crippen molar-refractivity contribution in [2.45, 2.75) is 71.6 Å². The lowest BCUT2D eigenvalue weighted by atomic mass is 9.82. The Balaban J connectivity index is 1.37. The normalized spacial score (nSPS) is 21.8. The van der Waals surface area contributed by atoms with Gasteiger partial charge in [0.05, 0.1) is 24.9 Å². The standard InChI is InChI=1S/C37H45N3O6/c1-25(2)9-7-10-26(3)17-18-39-33-16-15-30(38-19-20-46-36(38)44)22-32(33)37(45,35(39)43)27(4)11-8-14-34(42)40-23-29-13-6-5-12-28(29)21-31(40)24-41/h5-6,8-9,11-13,15-17,22,27,31,41,45H,7,10,14,18-21,23-24H2,1-4H3/b11-8+,26-17+/t27-,31+,37+/m1/s1. The molecule has 3 amide bonds. The summed E-state index contributed by atoms with van der Waals surface area (Å²) in [5.41, 5.74) is 4.27. The first-order valence-corrected chi connectivity index (χ1v) is 16.1. The van der Waals surface area contributed by atoms with Gasteiger partial charge in [0, 0.05) is 36.7 Å². The molecular formula is C37H45N3O6. The number of aliphatic hydroxyl groups is 2. The summed E-state index contributed by atoms with van der Waals surface area (Å²) in [7, 11) is 0. The van der Waals surface area contributed by atoms with E-state index in [0.29, 0.717) is 43.0 Å². The van der Waals surface area contributed by atoms with Crippen molar-refractivity contribution in [3.63, 3.8) is 0 Å². The Labute approximate surface area is 271 Å². The van der Waals surface area contributed by atoms with Crippen molar-refractivity contribution in [3.8, 4) is 0 Å². The lowest BCUT2D eigenvalue weighted by Crippen LogP contribution is -2.46. The molecule has 3 heterocycles. The highest BCUT2D eigenvalue weighted by molar-refractivity contribution is 6.08. The summed E-state index contributed by atoms with van der Waals surface area (Å²) in [5, 5.41) is 22.2. The number of allylic oxidation sites excluding steroid dienone is 3. The number of hydrogen-bond donors (Lipinski definition) is 2. The van der Waals surface area contributed by atoms with Gasteiger partial charge in [-0.15, -0.1) is 0 Å². The summed E-state index contributed by atoms with van der Waals surface area (Å²) in [6.45, 7) is 9.20. The number of benzene rings is 2. The Morgan fingerprint density at radius 3 is 2.57 bits per heavy atom. The van der Waals surface area contributed by atoms with Crippen LogP contribution in [0.5, 0.6) is 0 Å². The number of aliphatic hydroxyl groups excluding tert-OH is 1. The first-order valence-electron chi connectivity index (χ1n) is 16.1. The number of carbonyl (C=O) groups excluding carboxylic acids is 3. The molecule has 1 fully saturated rings. The smallest absolute Gasteiger partial charge is 0.414 e. The van der Waals surface area contributed by atoms with Crippen LogP contribution < -0.4 is 9.80 Å². The Morgan fingerprint density at radius 1 is 1.11 bits per heavy atom. The van der Waals surface area contributed by atoms with E-state index in [2.05, 4.69) is 19.9 Å². The third-order valence-corrected chi connectivity index (χ3v) is 9.30. The number of amides is 3. The quantitative estimate of drug-likeness (QED) is 0.323. The molecule has 244 valence electrons. The number of rotatable bonds is 11.